The molecule has 3 N–H and O–H groups in total. The highest BCUT2D eigenvalue weighted by Crippen LogP contribution is 2.18. The number of amides is 1. The Balaban J connectivity index is 1.46. The van der Waals surface area contributed by atoms with Gasteiger partial charge in [0.1, 0.15) is 0 Å². The van der Waals surface area contributed by atoms with E-state index < -0.39 is 0 Å². The standard InChI is InChI=1S/C19H26N4O2/c1-14-17(19(25)22-21-14)10-18(24)20-11-16-8-5-9-23(13-16)12-15-6-3-2-4-7-15/h2-4,6-7,16H,5,8-13H2,1H3,(H,20,24)(H2,21,22,25)/t16-/m1/s1. The molecule has 1 amide bonds. The van der Waals surface area contributed by atoms with E-state index in [2.05, 4.69) is 44.7 Å². The molecule has 0 bridgehead atoms. The fourth-order valence-electron chi connectivity index (χ4n) is 3.47. The van der Waals surface area contributed by atoms with Gasteiger partial charge in [0.25, 0.3) is 5.56 Å². The number of carbonyl (C=O) groups excluding carboxylic acids is 1. The third kappa shape index (κ3) is 4.82. The lowest BCUT2D eigenvalue weighted by molar-refractivity contribution is -0.120. The first-order chi connectivity index (χ1) is 12.1. The molecule has 3 rings (SSSR count). The molecule has 1 atom stereocenters. The zero-order chi connectivity index (χ0) is 17.6. The first-order valence-corrected chi connectivity index (χ1v) is 8.91. The van der Waals surface area contributed by atoms with Crippen LogP contribution in [0.5, 0.6) is 0 Å². The van der Waals surface area contributed by atoms with Crippen LogP contribution in [0.2, 0.25) is 0 Å². The van der Waals surface area contributed by atoms with Gasteiger partial charge in [0.2, 0.25) is 5.91 Å². The van der Waals surface area contributed by atoms with Crippen LogP contribution >= 0.6 is 0 Å². The second-order valence-electron chi connectivity index (χ2n) is 6.89. The lowest BCUT2D eigenvalue weighted by Gasteiger charge is -2.32. The van der Waals surface area contributed by atoms with E-state index in [0.29, 0.717) is 18.0 Å². The van der Waals surface area contributed by atoms with Gasteiger partial charge >= 0.3 is 0 Å². The van der Waals surface area contributed by atoms with Crippen molar-refractivity contribution in [3.8, 4) is 0 Å². The van der Waals surface area contributed by atoms with Crippen LogP contribution in [0, 0.1) is 12.8 Å². The molecule has 0 spiro atoms. The number of aromatic amines is 2. The number of nitrogens with zero attached hydrogens (tertiary/aromatic N) is 1. The topological polar surface area (TPSA) is 81.0 Å². The predicted octanol–water partition coefficient (Wildman–Crippen LogP) is 1.58. The average Bonchev–Trinajstić information content (AvgIpc) is 2.93. The molecular formula is C19H26N4O2. The zero-order valence-corrected chi connectivity index (χ0v) is 14.7. The normalized spacial score (nSPS) is 18.2. The number of H-pyrrole nitrogens is 2. The van der Waals surface area contributed by atoms with Crippen molar-refractivity contribution >= 4 is 5.91 Å². The Kier molecular flexibility index (Phi) is 5.71. The second kappa shape index (κ2) is 8.16. The van der Waals surface area contributed by atoms with Gasteiger partial charge in [-0.15, -0.1) is 0 Å². The van der Waals surface area contributed by atoms with Crippen molar-refractivity contribution in [1.29, 1.82) is 0 Å². The Morgan fingerprint density at radius 2 is 2.08 bits per heavy atom. The van der Waals surface area contributed by atoms with Crippen molar-refractivity contribution in [2.75, 3.05) is 19.6 Å². The zero-order valence-electron chi connectivity index (χ0n) is 14.7. The van der Waals surface area contributed by atoms with Crippen molar-refractivity contribution in [2.24, 2.45) is 5.92 Å². The van der Waals surface area contributed by atoms with Crippen LogP contribution in [-0.4, -0.2) is 40.6 Å². The average molecular weight is 342 g/mol. The highest BCUT2D eigenvalue weighted by atomic mass is 16.2. The molecule has 134 valence electrons. The molecule has 2 aromatic rings. The van der Waals surface area contributed by atoms with Crippen molar-refractivity contribution in [3.63, 3.8) is 0 Å². The molecule has 1 fully saturated rings. The van der Waals surface area contributed by atoms with Crippen LogP contribution in [-0.2, 0) is 17.8 Å². The third-order valence-corrected chi connectivity index (χ3v) is 4.87. The summed E-state index contributed by atoms with van der Waals surface area (Å²) in [6, 6.07) is 10.5. The first kappa shape index (κ1) is 17.5. The summed E-state index contributed by atoms with van der Waals surface area (Å²) in [4.78, 5) is 26.2. The molecular weight excluding hydrogens is 316 g/mol. The molecule has 0 aliphatic carbocycles. The van der Waals surface area contributed by atoms with Crippen LogP contribution in [0.15, 0.2) is 35.1 Å². The van der Waals surface area contributed by atoms with Gasteiger partial charge in [-0.25, -0.2) is 0 Å². The number of rotatable bonds is 6. The van der Waals surface area contributed by atoms with Crippen molar-refractivity contribution in [3.05, 3.63) is 57.5 Å². The molecule has 6 heteroatoms. The minimum Gasteiger partial charge on any atom is -0.355 e. The molecule has 0 saturated carbocycles. The minimum atomic E-state index is -0.209. The van der Waals surface area contributed by atoms with Gasteiger partial charge in [0.15, 0.2) is 0 Å². The molecule has 25 heavy (non-hydrogen) atoms. The monoisotopic (exact) mass is 342 g/mol. The van der Waals surface area contributed by atoms with E-state index >= 15 is 0 Å². The highest BCUT2D eigenvalue weighted by Gasteiger charge is 2.21. The Labute approximate surface area is 147 Å². The number of carbonyl (C=O) groups is 1. The Bertz CT molecular complexity index is 750. The van der Waals surface area contributed by atoms with Gasteiger partial charge in [0, 0.05) is 30.9 Å². The van der Waals surface area contributed by atoms with Gasteiger partial charge < -0.3 is 10.4 Å². The van der Waals surface area contributed by atoms with E-state index in [9.17, 15) is 9.59 Å². The van der Waals surface area contributed by atoms with Crippen LogP contribution in [0.3, 0.4) is 0 Å². The number of benzene rings is 1. The smallest absolute Gasteiger partial charge is 0.267 e. The van der Waals surface area contributed by atoms with Crippen LogP contribution in [0.25, 0.3) is 0 Å². The summed E-state index contributed by atoms with van der Waals surface area (Å²) in [6.07, 6.45) is 2.42. The third-order valence-electron chi connectivity index (χ3n) is 4.87. The largest absolute Gasteiger partial charge is 0.355 e. The molecule has 1 aromatic carbocycles. The van der Waals surface area contributed by atoms with Crippen molar-refractivity contribution < 1.29 is 4.79 Å². The maximum atomic E-state index is 12.1. The summed E-state index contributed by atoms with van der Waals surface area (Å²) in [5, 5.41) is 8.26. The van der Waals surface area contributed by atoms with Gasteiger partial charge in [-0.2, -0.15) is 0 Å². The quantitative estimate of drug-likeness (QED) is 0.746. The minimum absolute atomic E-state index is 0.0895. The summed E-state index contributed by atoms with van der Waals surface area (Å²) >= 11 is 0. The van der Waals surface area contributed by atoms with Gasteiger partial charge in [-0.1, -0.05) is 30.3 Å². The van der Waals surface area contributed by atoms with Gasteiger partial charge in [0.05, 0.1) is 6.42 Å². The molecule has 1 saturated heterocycles. The van der Waals surface area contributed by atoms with E-state index in [-0.39, 0.29) is 17.9 Å². The summed E-state index contributed by atoms with van der Waals surface area (Å²) in [5.74, 6) is 0.375. The predicted molar refractivity (Wildman–Crippen MR) is 97.3 cm³/mol. The van der Waals surface area contributed by atoms with Gasteiger partial charge in [-0.05, 0) is 37.8 Å². The number of piperidine rings is 1. The summed E-state index contributed by atoms with van der Waals surface area (Å²) in [7, 11) is 0. The Hall–Kier alpha value is -2.34. The van der Waals surface area contributed by atoms with E-state index in [1.54, 1.807) is 6.92 Å². The Morgan fingerprint density at radius 3 is 2.80 bits per heavy atom. The molecule has 1 aliphatic rings. The van der Waals surface area contributed by atoms with E-state index in [0.717, 1.165) is 38.2 Å². The number of nitrogens with one attached hydrogen (secondary N) is 3. The van der Waals surface area contributed by atoms with E-state index in [1.165, 1.54) is 5.56 Å². The number of hydrogen-bond acceptors (Lipinski definition) is 3. The van der Waals surface area contributed by atoms with Crippen LogP contribution in [0.4, 0.5) is 0 Å². The maximum absolute atomic E-state index is 12.1. The summed E-state index contributed by atoms with van der Waals surface area (Å²) in [5.41, 5.74) is 2.37. The second-order valence-corrected chi connectivity index (χ2v) is 6.89. The number of aromatic nitrogens is 2. The van der Waals surface area contributed by atoms with Crippen molar-refractivity contribution in [2.45, 2.75) is 32.7 Å². The molecule has 6 nitrogen and oxygen atoms in total. The fraction of sp³-hybridized carbons (Fsp3) is 0.474. The fourth-order valence-corrected chi connectivity index (χ4v) is 3.47. The molecule has 0 radical (unpaired) electrons. The summed E-state index contributed by atoms with van der Waals surface area (Å²) in [6.45, 7) is 5.54. The molecule has 1 aliphatic heterocycles. The van der Waals surface area contributed by atoms with E-state index in [4.69, 9.17) is 0 Å². The highest BCUT2D eigenvalue weighted by molar-refractivity contribution is 5.78. The molecule has 0 unspecified atom stereocenters. The number of hydrogen-bond donors (Lipinski definition) is 3. The van der Waals surface area contributed by atoms with Crippen molar-refractivity contribution in [1.82, 2.24) is 20.4 Å². The van der Waals surface area contributed by atoms with Crippen LogP contribution in [0.1, 0.15) is 29.7 Å². The van der Waals surface area contributed by atoms with Gasteiger partial charge in [-0.3, -0.25) is 19.6 Å². The molecule has 2 heterocycles. The number of likely N-dealkylation sites (tertiary alicyclic amines) is 1. The SMILES string of the molecule is Cc1[nH][nH]c(=O)c1CC(=O)NC[C@H]1CCCN(Cc2ccccc2)C1. The summed E-state index contributed by atoms with van der Waals surface area (Å²) < 4.78 is 0. The Morgan fingerprint density at radius 1 is 1.28 bits per heavy atom. The molecule has 1 aromatic heterocycles. The van der Waals surface area contributed by atoms with E-state index in [1.807, 2.05) is 6.07 Å². The maximum Gasteiger partial charge on any atom is 0.267 e. The number of aryl methyl sites for hydroxylation is 1. The first-order valence-electron chi connectivity index (χ1n) is 8.91. The van der Waals surface area contributed by atoms with Crippen LogP contribution < -0.4 is 10.9 Å². The lowest BCUT2D eigenvalue weighted by Crippen LogP contribution is -2.41. The lowest BCUT2D eigenvalue weighted by atomic mass is 9.97.